The first-order valence-electron chi connectivity index (χ1n) is 17.7. The summed E-state index contributed by atoms with van der Waals surface area (Å²) in [5.74, 6) is -0.129. The number of nitro groups is 1. The van der Waals surface area contributed by atoms with Crippen LogP contribution in [0.5, 0.6) is 0 Å². The van der Waals surface area contributed by atoms with Crippen molar-refractivity contribution < 1.29 is 18.1 Å². The minimum absolute atomic E-state index is 0. The van der Waals surface area contributed by atoms with Gasteiger partial charge in [0, 0.05) is 66.7 Å². The van der Waals surface area contributed by atoms with Gasteiger partial charge in [-0.15, -0.1) is 24.2 Å². The number of fused-ring (bicyclic) bond motifs is 3. The maximum atomic E-state index is 13.3. The van der Waals surface area contributed by atoms with E-state index in [4.69, 9.17) is 0 Å². The fourth-order valence-electron chi connectivity index (χ4n) is 7.19. The first kappa shape index (κ1) is 38.8. The van der Waals surface area contributed by atoms with Crippen molar-refractivity contribution in [1.82, 2.24) is 9.62 Å². The van der Waals surface area contributed by atoms with E-state index in [-0.39, 0.29) is 34.2 Å². The number of anilines is 2. The molecule has 1 saturated heterocycles. The summed E-state index contributed by atoms with van der Waals surface area (Å²) in [5, 5.41) is 14.9. The predicted molar refractivity (Wildman–Crippen MR) is 218 cm³/mol. The SMILES string of the molecule is Cl.O=C(NS(=O)(=O)c1ccc(NCCSc2ccccc2)c([N+](=O)[O-])c1)c1ccc2c(c1)CC[C@H]1CN(Cc3ccccc3Cc3ccccc3)CCN21. The van der Waals surface area contributed by atoms with Gasteiger partial charge in [0.05, 0.1) is 9.82 Å². The standard InChI is InChI=1S/C41H41N5O5S2.ClH/c47-41(43-53(50,51)37-18-19-38(40(27-37)46(48)49)42-21-24-52-36-13-5-2-6-14-36)33-16-20-39-32(26-33)15-17-35-29-44(22-23-45(35)39)28-34-12-8-7-11-31(34)25-30-9-3-1-4-10-30;/h1-14,16,18-20,26-27,35,42H,15,17,21-25,28-29H2,(H,43,47);1H/t35-;/m0./s1. The van der Waals surface area contributed by atoms with Crippen molar-refractivity contribution in [2.24, 2.45) is 0 Å². The summed E-state index contributed by atoms with van der Waals surface area (Å²) in [6, 6.07) is 38.3. The van der Waals surface area contributed by atoms with Crippen LogP contribution in [0, 0.1) is 10.1 Å². The number of sulfonamides is 1. The number of nitrogens with zero attached hydrogens (tertiary/aromatic N) is 3. The van der Waals surface area contributed by atoms with Gasteiger partial charge in [0.1, 0.15) is 5.69 Å². The van der Waals surface area contributed by atoms with Gasteiger partial charge in [0.15, 0.2) is 0 Å². The van der Waals surface area contributed by atoms with Gasteiger partial charge in [0.25, 0.3) is 21.6 Å². The smallest absolute Gasteiger partial charge is 0.293 e. The average molecular weight is 784 g/mol. The Morgan fingerprint density at radius 1 is 0.870 bits per heavy atom. The monoisotopic (exact) mass is 783 g/mol. The minimum atomic E-state index is -4.39. The van der Waals surface area contributed by atoms with Crippen molar-refractivity contribution in [3.05, 3.63) is 159 Å². The van der Waals surface area contributed by atoms with Gasteiger partial charge in [-0.05, 0) is 84.0 Å². The molecule has 2 aliphatic heterocycles. The van der Waals surface area contributed by atoms with Crippen molar-refractivity contribution in [2.75, 3.05) is 42.1 Å². The van der Waals surface area contributed by atoms with E-state index < -0.39 is 20.9 Å². The van der Waals surface area contributed by atoms with Crippen LogP contribution in [0.4, 0.5) is 17.1 Å². The molecule has 5 aromatic carbocycles. The van der Waals surface area contributed by atoms with Crippen LogP contribution >= 0.6 is 24.2 Å². The number of aryl methyl sites for hydroxylation is 1. The normalized spacial score (nSPS) is 15.3. The Balaban J connectivity index is 0.00000497. The molecule has 0 aromatic heterocycles. The molecule has 5 aromatic rings. The first-order valence-corrected chi connectivity index (χ1v) is 20.2. The molecule has 0 unspecified atom stereocenters. The average Bonchev–Trinajstić information content (AvgIpc) is 3.17. The van der Waals surface area contributed by atoms with Crippen LogP contribution in [0.25, 0.3) is 0 Å². The quantitative estimate of drug-likeness (QED) is 0.0539. The van der Waals surface area contributed by atoms with Crippen LogP contribution in [-0.2, 0) is 29.4 Å². The first-order chi connectivity index (χ1) is 25.7. The highest BCUT2D eigenvalue weighted by Crippen LogP contribution is 2.34. The largest absolute Gasteiger partial charge is 0.379 e. The Labute approximate surface area is 326 Å². The number of hydrogen-bond donors (Lipinski definition) is 2. The van der Waals surface area contributed by atoms with Gasteiger partial charge in [-0.2, -0.15) is 0 Å². The van der Waals surface area contributed by atoms with Crippen molar-refractivity contribution in [2.45, 2.75) is 41.6 Å². The number of nitro benzene ring substituents is 1. The Bertz CT molecular complexity index is 2210. The van der Waals surface area contributed by atoms with Crippen LogP contribution in [-0.4, -0.2) is 62.1 Å². The van der Waals surface area contributed by atoms with Gasteiger partial charge in [0.2, 0.25) is 0 Å². The fourth-order valence-corrected chi connectivity index (χ4v) is 8.97. The van der Waals surface area contributed by atoms with Crippen molar-refractivity contribution in [3.8, 4) is 0 Å². The third-order valence-electron chi connectivity index (χ3n) is 9.85. The fraction of sp³-hybridized carbons (Fsp3) is 0.244. The Morgan fingerprint density at radius 2 is 1.59 bits per heavy atom. The molecule has 0 bridgehead atoms. The topological polar surface area (TPSA) is 125 Å². The molecule has 0 spiro atoms. The second-order valence-corrected chi connectivity index (χ2v) is 16.2. The molecule has 13 heteroatoms. The number of carbonyl (C=O) groups excluding carboxylic acids is 1. The third-order valence-corrected chi connectivity index (χ3v) is 12.2. The second-order valence-electron chi connectivity index (χ2n) is 13.4. The number of carbonyl (C=O) groups is 1. The molecule has 1 fully saturated rings. The molecule has 2 N–H and O–H groups in total. The zero-order valence-corrected chi connectivity index (χ0v) is 32.0. The lowest BCUT2D eigenvalue weighted by molar-refractivity contribution is -0.384. The minimum Gasteiger partial charge on any atom is -0.379 e. The number of hydrogen-bond acceptors (Lipinski definition) is 9. The maximum Gasteiger partial charge on any atom is 0.293 e. The Hall–Kier alpha value is -4.88. The lowest BCUT2D eigenvalue weighted by Crippen LogP contribution is -2.54. The summed E-state index contributed by atoms with van der Waals surface area (Å²) >= 11 is 1.60. The molecule has 1 atom stereocenters. The Morgan fingerprint density at radius 3 is 2.35 bits per heavy atom. The van der Waals surface area contributed by atoms with E-state index in [1.807, 2.05) is 42.5 Å². The number of halogens is 1. The molecular weight excluding hydrogens is 742 g/mol. The second kappa shape index (κ2) is 17.5. The number of benzene rings is 5. The summed E-state index contributed by atoms with van der Waals surface area (Å²) < 4.78 is 28.7. The van der Waals surface area contributed by atoms with Crippen molar-refractivity contribution in [3.63, 3.8) is 0 Å². The number of piperazine rings is 1. The molecule has 7 rings (SSSR count). The van der Waals surface area contributed by atoms with Crippen LogP contribution in [0.3, 0.4) is 0 Å². The zero-order valence-electron chi connectivity index (χ0n) is 29.6. The molecule has 1 amide bonds. The highest BCUT2D eigenvalue weighted by Gasteiger charge is 2.32. The van der Waals surface area contributed by atoms with E-state index in [1.165, 1.54) is 28.8 Å². The molecule has 0 radical (unpaired) electrons. The zero-order chi connectivity index (χ0) is 36.8. The molecular formula is C41H42ClN5O5S2. The van der Waals surface area contributed by atoms with Gasteiger partial charge in [-0.3, -0.25) is 19.8 Å². The highest BCUT2D eigenvalue weighted by molar-refractivity contribution is 7.99. The summed E-state index contributed by atoms with van der Waals surface area (Å²) in [7, 11) is -4.39. The number of rotatable bonds is 13. The lowest BCUT2D eigenvalue weighted by Gasteiger charge is -2.46. The maximum absolute atomic E-state index is 13.3. The molecule has 280 valence electrons. The lowest BCUT2D eigenvalue weighted by atomic mass is 9.92. The van der Waals surface area contributed by atoms with E-state index in [0.717, 1.165) is 67.7 Å². The van der Waals surface area contributed by atoms with Crippen molar-refractivity contribution in [1.29, 1.82) is 0 Å². The van der Waals surface area contributed by atoms with Crippen LogP contribution in [0.1, 0.15) is 39.0 Å². The Kier molecular flexibility index (Phi) is 12.6. The number of thioether (sulfide) groups is 1. The summed E-state index contributed by atoms with van der Waals surface area (Å²) in [4.78, 5) is 30.2. The van der Waals surface area contributed by atoms with E-state index >= 15 is 0 Å². The van der Waals surface area contributed by atoms with E-state index in [0.29, 0.717) is 18.3 Å². The summed E-state index contributed by atoms with van der Waals surface area (Å²) in [5.41, 5.74) is 6.12. The molecule has 0 saturated carbocycles. The molecule has 10 nitrogen and oxygen atoms in total. The van der Waals surface area contributed by atoms with E-state index in [2.05, 4.69) is 68.4 Å². The molecule has 54 heavy (non-hydrogen) atoms. The molecule has 0 aliphatic carbocycles. The highest BCUT2D eigenvalue weighted by atomic mass is 35.5. The van der Waals surface area contributed by atoms with Crippen LogP contribution < -0.4 is 14.9 Å². The molecule has 2 heterocycles. The summed E-state index contributed by atoms with van der Waals surface area (Å²) in [6.45, 7) is 4.02. The van der Waals surface area contributed by atoms with Gasteiger partial charge in [-0.1, -0.05) is 72.8 Å². The van der Waals surface area contributed by atoms with E-state index in [9.17, 15) is 23.3 Å². The van der Waals surface area contributed by atoms with Gasteiger partial charge >= 0.3 is 0 Å². The van der Waals surface area contributed by atoms with Gasteiger partial charge < -0.3 is 10.2 Å². The summed E-state index contributed by atoms with van der Waals surface area (Å²) in [6.07, 6.45) is 2.60. The van der Waals surface area contributed by atoms with Gasteiger partial charge in [-0.25, -0.2) is 13.1 Å². The van der Waals surface area contributed by atoms with E-state index in [1.54, 1.807) is 23.9 Å². The number of amides is 1. The van der Waals surface area contributed by atoms with Crippen molar-refractivity contribution >= 4 is 57.2 Å². The van der Waals surface area contributed by atoms with Crippen LogP contribution in [0.15, 0.2) is 131 Å². The predicted octanol–water partition coefficient (Wildman–Crippen LogP) is 7.57. The van der Waals surface area contributed by atoms with Crippen LogP contribution in [0.2, 0.25) is 0 Å². The third kappa shape index (κ3) is 9.25. The molecule has 2 aliphatic rings. The number of nitrogens with one attached hydrogen (secondary N) is 2.